The fraction of sp³-hybridized carbons (Fsp3) is 0.778. The highest BCUT2D eigenvalue weighted by atomic mass is 16.6. The first-order valence-corrected chi connectivity index (χ1v) is 17.9. The van der Waals surface area contributed by atoms with Crippen LogP contribution in [0.25, 0.3) is 0 Å². The van der Waals surface area contributed by atoms with Gasteiger partial charge in [-0.3, -0.25) is 9.69 Å². The zero-order valence-electron chi connectivity index (χ0n) is 27.7. The van der Waals surface area contributed by atoms with Gasteiger partial charge in [-0.15, -0.1) is 0 Å². The van der Waals surface area contributed by atoms with Crippen molar-refractivity contribution in [3.63, 3.8) is 0 Å². The number of ether oxygens (including phenoxy) is 2. The standard InChI is InChI=1S/C36H56N4O4/c1-4-5-11-32-36(44-35(42)40(32)26-29-9-7-6-8-10-29)14-18-37(19-15-36)30-12-16-39(17-13-30)34(41)33-27(2)24-31(25-28(33)3)38-20-22-43-23-21-38/h24-25,29-30,32H,4-23,26H2,1-3H3. The van der Waals surface area contributed by atoms with Gasteiger partial charge in [0.15, 0.2) is 0 Å². The molecule has 1 saturated carbocycles. The molecule has 4 aliphatic heterocycles. The van der Waals surface area contributed by atoms with Gasteiger partial charge in [-0.25, -0.2) is 4.79 Å². The van der Waals surface area contributed by atoms with E-state index in [0.717, 1.165) is 121 Å². The lowest BCUT2D eigenvalue weighted by molar-refractivity contribution is -0.0385. The van der Waals surface area contributed by atoms with Crippen LogP contribution in [-0.4, -0.2) is 103 Å². The summed E-state index contributed by atoms with van der Waals surface area (Å²) in [4.78, 5) is 36.2. The molecule has 1 spiro atoms. The fourth-order valence-corrected chi connectivity index (χ4v) is 8.96. The Morgan fingerprint density at radius 1 is 0.909 bits per heavy atom. The maximum atomic E-state index is 13.7. The van der Waals surface area contributed by atoms with E-state index in [1.807, 2.05) is 0 Å². The molecule has 1 aromatic carbocycles. The number of unbranched alkanes of at least 4 members (excludes halogenated alkanes) is 1. The molecule has 44 heavy (non-hydrogen) atoms. The lowest BCUT2D eigenvalue weighted by atomic mass is 9.80. The number of likely N-dealkylation sites (tertiary alicyclic amines) is 2. The number of amides is 2. The Morgan fingerprint density at radius 3 is 2.20 bits per heavy atom. The van der Waals surface area contributed by atoms with Crippen LogP contribution in [0.3, 0.4) is 0 Å². The molecule has 0 bridgehead atoms. The van der Waals surface area contributed by atoms with Crippen LogP contribution in [0.2, 0.25) is 0 Å². The quantitative estimate of drug-likeness (QED) is 0.352. The molecular weight excluding hydrogens is 552 g/mol. The molecule has 1 unspecified atom stereocenters. The SMILES string of the molecule is CCCCC1N(CC2CCCCC2)C(=O)OC12CCN(C1CCN(C(=O)c3c(C)cc(N4CCOCC4)cc3C)CC1)CC2. The number of hydrogen-bond donors (Lipinski definition) is 0. The van der Waals surface area contributed by atoms with Gasteiger partial charge in [0.1, 0.15) is 5.60 Å². The second-order valence-electron chi connectivity index (χ2n) is 14.4. The summed E-state index contributed by atoms with van der Waals surface area (Å²) in [6.45, 7) is 14.2. The first-order chi connectivity index (χ1) is 21.4. The largest absolute Gasteiger partial charge is 0.440 e. The molecule has 5 fully saturated rings. The summed E-state index contributed by atoms with van der Waals surface area (Å²) in [5.74, 6) is 0.818. The maximum absolute atomic E-state index is 13.7. The molecule has 8 heteroatoms. The molecule has 5 aliphatic rings. The second-order valence-corrected chi connectivity index (χ2v) is 14.4. The average Bonchev–Trinajstić information content (AvgIpc) is 3.29. The Bertz CT molecular complexity index is 1120. The normalized spacial score (nSPS) is 25.6. The van der Waals surface area contributed by atoms with E-state index < -0.39 is 0 Å². The molecule has 1 atom stereocenters. The van der Waals surface area contributed by atoms with E-state index >= 15 is 0 Å². The number of anilines is 1. The zero-order chi connectivity index (χ0) is 30.7. The van der Waals surface area contributed by atoms with Crippen molar-refractivity contribution in [1.82, 2.24) is 14.7 Å². The van der Waals surface area contributed by atoms with E-state index in [2.05, 4.69) is 52.5 Å². The third-order valence-corrected chi connectivity index (χ3v) is 11.5. The van der Waals surface area contributed by atoms with Crippen LogP contribution in [0.15, 0.2) is 12.1 Å². The monoisotopic (exact) mass is 608 g/mol. The number of nitrogens with zero attached hydrogens (tertiary/aromatic N) is 4. The average molecular weight is 609 g/mol. The molecule has 0 aromatic heterocycles. The molecule has 0 radical (unpaired) electrons. The van der Waals surface area contributed by atoms with Crippen molar-refractivity contribution in [2.45, 2.75) is 116 Å². The van der Waals surface area contributed by atoms with Gasteiger partial charge >= 0.3 is 6.09 Å². The Kier molecular flexibility index (Phi) is 10.1. The van der Waals surface area contributed by atoms with E-state index in [0.29, 0.717) is 12.0 Å². The van der Waals surface area contributed by atoms with Crippen molar-refractivity contribution in [2.75, 3.05) is 63.9 Å². The van der Waals surface area contributed by atoms with Crippen molar-refractivity contribution < 1.29 is 19.1 Å². The molecule has 4 saturated heterocycles. The number of rotatable bonds is 8. The summed E-state index contributed by atoms with van der Waals surface area (Å²) in [5.41, 5.74) is 3.89. The van der Waals surface area contributed by atoms with Crippen molar-refractivity contribution in [1.29, 1.82) is 0 Å². The first kappa shape index (κ1) is 31.7. The minimum atomic E-state index is -0.323. The topological polar surface area (TPSA) is 65.6 Å². The van der Waals surface area contributed by atoms with Crippen LogP contribution in [0.1, 0.15) is 105 Å². The predicted octanol–water partition coefficient (Wildman–Crippen LogP) is 6.17. The summed E-state index contributed by atoms with van der Waals surface area (Å²) >= 11 is 0. The second kappa shape index (κ2) is 14.0. The number of aryl methyl sites for hydroxylation is 2. The highest BCUT2D eigenvalue weighted by Crippen LogP contribution is 2.43. The maximum Gasteiger partial charge on any atom is 0.410 e. The van der Waals surface area contributed by atoms with Crippen molar-refractivity contribution in [3.8, 4) is 0 Å². The molecule has 2 amide bonds. The van der Waals surface area contributed by atoms with Crippen LogP contribution in [-0.2, 0) is 9.47 Å². The van der Waals surface area contributed by atoms with Crippen LogP contribution >= 0.6 is 0 Å². The minimum absolute atomic E-state index is 0.0551. The first-order valence-electron chi connectivity index (χ1n) is 17.9. The number of carbonyl (C=O) groups excluding carboxylic acids is 2. The van der Waals surface area contributed by atoms with E-state index in [1.165, 1.54) is 37.8 Å². The van der Waals surface area contributed by atoms with Gasteiger partial charge in [0, 0.05) is 75.9 Å². The number of morpholine rings is 1. The summed E-state index contributed by atoms with van der Waals surface area (Å²) in [5, 5.41) is 0. The van der Waals surface area contributed by atoms with Crippen molar-refractivity contribution >= 4 is 17.7 Å². The molecular formula is C36H56N4O4. The van der Waals surface area contributed by atoms with Crippen LogP contribution in [0.5, 0.6) is 0 Å². The third kappa shape index (κ3) is 6.62. The highest BCUT2D eigenvalue weighted by molar-refractivity contribution is 5.97. The van der Waals surface area contributed by atoms with Gasteiger partial charge in [-0.05, 0) is 75.1 Å². The summed E-state index contributed by atoms with van der Waals surface area (Å²) in [6.07, 6.45) is 13.6. The van der Waals surface area contributed by atoms with E-state index in [-0.39, 0.29) is 23.6 Å². The fourth-order valence-electron chi connectivity index (χ4n) is 8.96. The van der Waals surface area contributed by atoms with E-state index in [1.54, 1.807) is 0 Å². The van der Waals surface area contributed by atoms with Gasteiger partial charge < -0.3 is 24.2 Å². The van der Waals surface area contributed by atoms with Crippen molar-refractivity contribution in [2.24, 2.45) is 5.92 Å². The molecule has 1 aromatic rings. The van der Waals surface area contributed by atoms with Crippen LogP contribution in [0.4, 0.5) is 10.5 Å². The predicted molar refractivity (Wildman–Crippen MR) is 174 cm³/mol. The van der Waals surface area contributed by atoms with Crippen LogP contribution < -0.4 is 4.90 Å². The Hall–Kier alpha value is -2.32. The molecule has 0 N–H and O–H groups in total. The van der Waals surface area contributed by atoms with Crippen LogP contribution in [0, 0.1) is 19.8 Å². The lowest BCUT2D eigenvalue weighted by Crippen LogP contribution is -2.56. The van der Waals surface area contributed by atoms with Gasteiger partial charge in [0.05, 0.1) is 19.3 Å². The van der Waals surface area contributed by atoms with Gasteiger partial charge in [-0.1, -0.05) is 39.0 Å². The van der Waals surface area contributed by atoms with Gasteiger partial charge in [0.2, 0.25) is 0 Å². The number of piperidine rings is 2. The highest BCUT2D eigenvalue weighted by Gasteiger charge is 2.55. The Labute approximate surface area is 265 Å². The number of benzene rings is 1. The molecule has 244 valence electrons. The minimum Gasteiger partial charge on any atom is -0.440 e. The molecule has 1 aliphatic carbocycles. The lowest BCUT2D eigenvalue weighted by Gasteiger charge is -2.46. The number of hydrogen-bond acceptors (Lipinski definition) is 6. The Balaban J connectivity index is 1.04. The smallest absolute Gasteiger partial charge is 0.410 e. The van der Waals surface area contributed by atoms with E-state index in [4.69, 9.17) is 9.47 Å². The summed E-state index contributed by atoms with van der Waals surface area (Å²) in [7, 11) is 0. The van der Waals surface area contributed by atoms with Gasteiger partial charge in [0.25, 0.3) is 5.91 Å². The van der Waals surface area contributed by atoms with Gasteiger partial charge in [-0.2, -0.15) is 0 Å². The van der Waals surface area contributed by atoms with E-state index in [9.17, 15) is 9.59 Å². The Morgan fingerprint density at radius 2 is 1.57 bits per heavy atom. The van der Waals surface area contributed by atoms with Crippen molar-refractivity contribution in [3.05, 3.63) is 28.8 Å². The summed E-state index contributed by atoms with van der Waals surface area (Å²) in [6, 6.07) is 5.08. The number of carbonyl (C=O) groups is 2. The summed E-state index contributed by atoms with van der Waals surface area (Å²) < 4.78 is 11.9. The third-order valence-electron chi connectivity index (χ3n) is 11.5. The molecule has 6 rings (SSSR count). The molecule has 4 heterocycles. The zero-order valence-corrected chi connectivity index (χ0v) is 27.7. The molecule has 8 nitrogen and oxygen atoms in total.